The van der Waals surface area contributed by atoms with Crippen LogP contribution in [-0.4, -0.2) is 53.8 Å². The zero-order valence-electron chi connectivity index (χ0n) is 17.7. The fourth-order valence-electron chi connectivity index (χ4n) is 4.49. The van der Waals surface area contributed by atoms with E-state index >= 15 is 0 Å². The molecule has 9 heteroatoms. The van der Waals surface area contributed by atoms with E-state index in [1.807, 2.05) is 6.92 Å². The number of Topliss-reactive ketones (excluding diaryl/α,β-unsaturated/α-hetero) is 1. The number of aliphatic hydroxyl groups is 2. The van der Waals surface area contributed by atoms with E-state index in [0.717, 1.165) is 5.57 Å². The van der Waals surface area contributed by atoms with E-state index in [2.05, 4.69) is 6.58 Å². The highest BCUT2D eigenvalue weighted by molar-refractivity contribution is 6.09. The second-order valence-electron chi connectivity index (χ2n) is 8.08. The lowest BCUT2D eigenvalue weighted by Crippen LogP contribution is -2.61. The summed E-state index contributed by atoms with van der Waals surface area (Å²) in [7, 11) is 2.83. The number of aromatic hydroxyl groups is 1. The second kappa shape index (κ2) is 6.78. The number of fused-ring (bicyclic) bond motifs is 6. The first-order chi connectivity index (χ1) is 15.2. The van der Waals surface area contributed by atoms with Gasteiger partial charge in [0.15, 0.2) is 17.1 Å². The summed E-state index contributed by atoms with van der Waals surface area (Å²) in [5, 5.41) is 33.0. The molecule has 0 saturated heterocycles. The zero-order valence-corrected chi connectivity index (χ0v) is 17.7. The predicted octanol–water partition coefficient (Wildman–Crippen LogP) is 1.83. The predicted molar refractivity (Wildman–Crippen MR) is 110 cm³/mol. The van der Waals surface area contributed by atoms with Gasteiger partial charge < -0.3 is 39.0 Å². The first kappa shape index (κ1) is 20.5. The quantitative estimate of drug-likeness (QED) is 0.611. The van der Waals surface area contributed by atoms with E-state index in [0.29, 0.717) is 17.7 Å². The maximum Gasteiger partial charge on any atom is 0.238 e. The van der Waals surface area contributed by atoms with Crippen molar-refractivity contribution in [2.75, 3.05) is 14.2 Å². The van der Waals surface area contributed by atoms with Crippen molar-refractivity contribution in [2.45, 2.75) is 37.4 Å². The molecule has 3 aliphatic rings. The van der Waals surface area contributed by atoms with Crippen LogP contribution in [-0.2, 0) is 12.0 Å². The van der Waals surface area contributed by atoms with Crippen LogP contribution in [0.3, 0.4) is 0 Å². The van der Waals surface area contributed by atoms with Crippen molar-refractivity contribution in [3.63, 3.8) is 0 Å². The van der Waals surface area contributed by atoms with Crippen LogP contribution in [0, 0.1) is 0 Å². The molecule has 5 rings (SSSR count). The molecule has 0 radical (unpaired) electrons. The minimum absolute atomic E-state index is 0.0251. The highest BCUT2D eigenvalue weighted by Crippen LogP contribution is 2.54. The van der Waals surface area contributed by atoms with Gasteiger partial charge in [0.25, 0.3) is 0 Å². The van der Waals surface area contributed by atoms with E-state index in [-0.39, 0.29) is 40.2 Å². The Bertz CT molecular complexity index is 1170. The third-order valence-electron chi connectivity index (χ3n) is 6.16. The Hall–Kier alpha value is -3.43. The van der Waals surface area contributed by atoms with Crippen molar-refractivity contribution in [3.05, 3.63) is 47.0 Å². The van der Waals surface area contributed by atoms with Gasteiger partial charge in [-0.1, -0.05) is 6.58 Å². The molecule has 0 amide bonds. The average Bonchev–Trinajstić information content (AvgIpc) is 3.19. The number of carbonyl (C=O) groups is 1. The molecule has 0 unspecified atom stereocenters. The van der Waals surface area contributed by atoms with Gasteiger partial charge >= 0.3 is 0 Å². The van der Waals surface area contributed by atoms with Gasteiger partial charge in [0, 0.05) is 29.7 Å². The summed E-state index contributed by atoms with van der Waals surface area (Å²) >= 11 is 0. The lowest BCUT2D eigenvalue weighted by Gasteiger charge is -2.45. The Labute approximate surface area is 183 Å². The minimum Gasteiger partial charge on any atom is -0.507 e. The Morgan fingerprint density at radius 2 is 1.81 bits per heavy atom. The molecule has 0 aliphatic carbocycles. The molecular formula is C23H22O9. The fraction of sp³-hybridized carbons (Fsp3) is 0.348. The number of benzene rings is 2. The first-order valence-corrected chi connectivity index (χ1v) is 9.96. The summed E-state index contributed by atoms with van der Waals surface area (Å²) in [6, 6.07) is 4.12. The summed E-state index contributed by atoms with van der Waals surface area (Å²) in [6.45, 7) is 5.71. The second-order valence-corrected chi connectivity index (χ2v) is 8.08. The molecule has 32 heavy (non-hydrogen) atoms. The van der Waals surface area contributed by atoms with Crippen molar-refractivity contribution in [2.24, 2.45) is 0 Å². The van der Waals surface area contributed by atoms with Gasteiger partial charge in [0.05, 0.1) is 14.2 Å². The maximum absolute atomic E-state index is 13.7. The van der Waals surface area contributed by atoms with Gasteiger partial charge in [0.2, 0.25) is 18.2 Å². The van der Waals surface area contributed by atoms with Crippen LogP contribution in [0.5, 0.6) is 34.5 Å². The van der Waals surface area contributed by atoms with Crippen molar-refractivity contribution in [1.29, 1.82) is 0 Å². The third-order valence-corrected chi connectivity index (χ3v) is 6.16. The smallest absolute Gasteiger partial charge is 0.238 e. The fourth-order valence-corrected chi connectivity index (χ4v) is 4.49. The van der Waals surface area contributed by atoms with Gasteiger partial charge in [-0.3, -0.25) is 4.79 Å². The number of phenolic OH excluding ortho intramolecular Hbond substituents is 1. The van der Waals surface area contributed by atoms with E-state index in [4.69, 9.17) is 23.7 Å². The van der Waals surface area contributed by atoms with Gasteiger partial charge in [0.1, 0.15) is 34.7 Å². The lowest BCUT2D eigenvalue weighted by atomic mass is 9.76. The molecule has 0 fully saturated rings. The van der Waals surface area contributed by atoms with Crippen molar-refractivity contribution >= 4 is 5.78 Å². The number of ketones is 1. The van der Waals surface area contributed by atoms with Gasteiger partial charge in [-0.25, -0.2) is 0 Å². The van der Waals surface area contributed by atoms with Crippen LogP contribution in [0.2, 0.25) is 0 Å². The molecule has 0 saturated carbocycles. The first-order valence-electron chi connectivity index (χ1n) is 9.96. The number of rotatable bonds is 3. The summed E-state index contributed by atoms with van der Waals surface area (Å²) in [6.07, 6.45) is -3.16. The number of carbonyl (C=O) groups excluding carboxylic acids is 1. The lowest BCUT2D eigenvalue weighted by molar-refractivity contribution is -0.179. The number of ether oxygens (including phenoxy) is 5. The van der Waals surface area contributed by atoms with Crippen LogP contribution < -0.4 is 23.7 Å². The molecule has 0 aromatic heterocycles. The van der Waals surface area contributed by atoms with Gasteiger partial charge in [-0.2, -0.15) is 0 Å². The van der Waals surface area contributed by atoms with E-state index in [9.17, 15) is 20.1 Å². The molecule has 2 aromatic carbocycles. The molecule has 4 atom stereocenters. The monoisotopic (exact) mass is 442 g/mol. The number of aliphatic hydroxyl groups excluding tert-OH is 1. The standard InChI is InChI=1S/C23H22O9/c1-9(2)13-5-10-14(30-13)7-12(24)18-19(10)32-21-22(26)31-15-8-17(29-4)16(28-3)6-11(15)23(21,27)20(18)25/h6-8,13,21-22,24,26-27H,1,5H2,2-4H3/t13-,21+,22+,23+/m0/s1. The topological polar surface area (TPSA) is 124 Å². The minimum atomic E-state index is -2.35. The Morgan fingerprint density at radius 3 is 2.47 bits per heavy atom. The largest absolute Gasteiger partial charge is 0.507 e. The summed E-state index contributed by atoms with van der Waals surface area (Å²) < 4.78 is 27.9. The van der Waals surface area contributed by atoms with Crippen LogP contribution in [0.25, 0.3) is 0 Å². The van der Waals surface area contributed by atoms with Crippen LogP contribution >= 0.6 is 0 Å². The number of hydrogen-bond donors (Lipinski definition) is 3. The van der Waals surface area contributed by atoms with Crippen LogP contribution in [0.4, 0.5) is 0 Å². The van der Waals surface area contributed by atoms with Crippen molar-refractivity contribution < 1.29 is 43.8 Å². The molecule has 2 aromatic rings. The molecule has 168 valence electrons. The third kappa shape index (κ3) is 2.55. The van der Waals surface area contributed by atoms with Gasteiger partial charge in [-0.15, -0.1) is 0 Å². The molecule has 9 nitrogen and oxygen atoms in total. The summed E-state index contributed by atoms with van der Waals surface area (Å²) in [5.74, 6) is -0.276. The SMILES string of the molecule is C=C(C)[C@@H]1Cc2c(cc(O)c3c2O[C@@H]2[C@H](O)Oc4cc(OC)c(OC)cc4[C@@]2(O)C3=O)O1. The zero-order chi connectivity index (χ0) is 22.9. The van der Waals surface area contributed by atoms with Crippen LogP contribution in [0.15, 0.2) is 30.4 Å². The molecular weight excluding hydrogens is 420 g/mol. The number of phenols is 1. The summed E-state index contributed by atoms with van der Waals surface area (Å²) in [5.41, 5.74) is -1.20. The van der Waals surface area contributed by atoms with E-state index in [1.165, 1.54) is 32.4 Å². The molecule has 3 aliphatic heterocycles. The molecule has 3 N–H and O–H groups in total. The van der Waals surface area contributed by atoms with E-state index in [1.54, 1.807) is 0 Å². The van der Waals surface area contributed by atoms with Crippen LogP contribution in [0.1, 0.15) is 28.4 Å². The molecule has 0 bridgehead atoms. The molecule has 3 heterocycles. The van der Waals surface area contributed by atoms with Crippen molar-refractivity contribution in [1.82, 2.24) is 0 Å². The van der Waals surface area contributed by atoms with Crippen molar-refractivity contribution in [3.8, 4) is 34.5 Å². The highest BCUT2D eigenvalue weighted by atomic mass is 16.6. The molecule has 0 spiro atoms. The Balaban J connectivity index is 1.70. The maximum atomic E-state index is 13.7. The average molecular weight is 442 g/mol. The highest BCUT2D eigenvalue weighted by Gasteiger charge is 2.61. The summed E-state index contributed by atoms with van der Waals surface area (Å²) in [4.78, 5) is 13.7. The Morgan fingerprint density at radius 1 is 1.12 bits per heavy atom. The normalized spacial score (nSPS) is 27.0. The van der Waals surface area contributed by atoms with E-state index < -0.39 is 29.5 Å². The number of hydrogen-bond acceptors (Lipinski definition) is 9. The van der Waals surface area contributed by atoms with Gasteiger partial charge in [-0.05, 0) is 18.6 Å². The number of methoxy groups -OCH3 is 2. The Kier molecular flexibility index (Phi) is 4.34.